The molecule has 3 aliphatic rings. The second kappa shape index (κ2) is 11.1. The molecule has 2 aromatic rings. The third kappa shape index (κ3) is 5.04. The molecular formula is C28H28N6Pt. The van der Waals surface area contributed by atoms with Gasteiger partial charge in [-0.25, -0.2) is 0 Å². The van der Waals surface area contributed by atoms with E-state index in [0.29, 0.717) is 0 Å². The molecule has 0 radical (unpaired) electrons. The minimum absolute atomic E-state index is 0. The Kier molecular flexibility index (Phi) is 8.75. The minimum atomic E-state index is 0. The number of imidazole rings is 2. The summed E-state index contributed by atoms with van der Waals surface area (Å²) in [5, 5.41) is 12.5. The average molecular weight is 644 g/mol. The Morgan fingerprint density at radius 2 is 0.857 bits per heavy atom. The molecule has 7 heteroatoms. The van der Waals surface area contributed by atoms with E-state index >= 15 is 0 Å². The Morgan fingerprint density at radius 1 is 0.571 bits per heavy atom. The van der Waals surface area contributed by atoms with Crippen LogP contribution in [0.3, 0.4) is 0 Å². The molecule has 0 atom stereocenters. The molecule has 3 heterocycles. The van der Waals surface area contributed by atoms with Gasteiger partial charge in [0.05, 0.1) is 0 Å². The third-order valence-electron chi connectivity index (χ3n) is 5.98. The van der Waals surface area contributed by atoms with E-state index in [0.717, 1.165) is 11.4 Å². The SMILES string of the molecule is Cc1cc(C)c(-n2cc3ccc4cn(-c5c(C)cc(C)cc5C)[cH-]n-4n-3[cH-]2)c(C)c1.[C-]#N.[C-]#N.[Pt+4]. The number of fused-ring (bicyclic) bond motifs is 3. The van der Waals surface area contributed by atoms with Gasteiger partial charge in [-0.15, -0.1) is 0 Å². The zero-order valence-electron chi connectivity index (χ0n) is 20.8. The molecule has 0 aliphatic carbocycles. The molecule has 180 valence electrons. The zero-order chi connectivity index (χ0) is 25.2. The summed E-state index contributed by atoms with van der Waals surface area (Å²) in [5.41, 5.74) is 12.6. The van der Waals surface area contributed by atoms with E-state index in [2.05, 4.69) is 121 Å². The van der Waals surface area contributed by atoms with Crippen LogP contribution in [0.4, 0.5) is 0 Å². The van der Waals surface area contributed by atoms with Crippen LogP contribution in [-0.4, -0.2) is 18.5 Å². The summed E-state index contributed by atoms with van der Waals surface area (Å²) in [4.78, 5) is 0. The van der Waals surface area contributed by atoms with E-state index < -0.39 is 0 Å². The normalized spacial score (nSPS) is 10.1. The van der Waals surface area contributed by atoms with E-state index in [1.54, 1.807) is 0 Å². The topological polar surface area (TPSA) is 67.3 Å². The third-order valence-corrected chi connectivity index (χ3v) is 5.98. The fourth-order valence-corrected chi connectivity index (χ4v) is 5.01. The van der Waals surface area contributed by atoms with Crippen molar-refractivity contribution in [3.8, 4) is 22.7 Å². The molecular weight excluding hydrogens is 615 g/mol. The molecule has 6 nitrogen and oxygen atoms in total. The Labute approximate surface area is 221 Å². The first-order chi connectivity index (χ1) is 16.3. The number of nitrogens with zero attached hydrogens (tertiary/aromatic N) is 6. The van der Waals surface area contributed by atoms with Crippen LogP contribution in [0.15, 0.2) is 61.4 Å². The summed E-state index contributed by atoms with van der Waals surface area (Å²) in [6, 6.07) is 13.4. The molecule has 0 saturated carbocycles. The van der Waals surface area contributed by atoms with Crippen LogP contribution in [0.1, 0.15) is 33.4 Å². The predicted molar refractivity (Wildman–Crippen MR) is 133 cm³/mol. The monoisotopic (exact) mass is 643 g/mol. The van der Waals surface area contributed by atoms with Crippen molar-refractivity contribution in [1.82, 2.24) is 18.5 Å². The van der Waals surface area contributed by atoms with Crippen molar-refractivity contribution in [3.63, 3.8) is 0 Å². The molecule has 0 aromatic heterocycles. The number of aryl methyl sites for hydroxylation is 6. The maximum absolute atomic E-state index is 6.25. The second-order valence-electron chi connectivity index (χ2n) is 8.67. The first kappa shape index (κ1) is 27.5. The van der Waals surface area contributed by atoms with Crippen molar-refractivity contribution in [1.29, 1.82) is 10.5 Å². The van der Waals surface area contributed by atoms with Crippen LogP contribution in [0.5, 0.6) is 0 Å². The summed E-state index contributed by atoms with van der Waals surface area (Å²) in [6.45, 7) is 22.6. The van der Waals surface area contributed by atoms with Gasteiger partial charge >= 0.3 is 21.1 Å². The zero-order valence-corrected chi connectivity index (χ0v) is 23.0. The van der Waals surface area contributed by atoms with Crippen LogP contribution in [0, 0.1) is 65.2 Å². The van der Waals surface area contributed by atoms with Crippen LogP contribution in [0.2, 0.25) is 0 Å². The smallest absolute Gasteiger partial charge is 0.512 e. The van der Waals surface area contributed by atoms with E-state index in [1.807, 2.05) is 0 Å². The Bertz CT molecular complexity index is 1300. The quantitative estimate of drug-likeness (QED) is 0.211. The molecule has 0 unspecified atom stereocenters. The van der Waals surface area contributed by atoms with E-state index in [-0.39, 0.29) is 21.1 Å². The Morgan fingerprint density at radius 3 is 1.14 bits per heavy atom. The van der Waals surface area contributed by atoms with Gasteiger partial charge in [-0.1, -0.05) is 82.2 Å². The van der Waals surface area contributed by atoms with Crippen molar-refractivity contribution < 1.29 is 21.1 Å². The molecule has 0 fully saturated rings. The van der Waals surface area contributed by atoms with Crippen LogP contribution < -0.4 is 0 Å². The maximum Gasteiger partial charge on any atom is 4.00 e. The molecule has 2 aromatic carbocycles. The van der Waals surface area contributed by atoms with Crippen molar-refractivity contribution in [2.24, 2.45) is 0 Å². The van der Waals surface area contributed by atoms with Gasteiger partial charge in [-0.2, -0.15) is 0 Å². The van der Waals surface area contributed by atoms with Crippen molar-refractivity contribution in [2.75, 3.05) is 0 Å². The standard InChI is InChI=1S/C26H28N4.2CN.Pt/c1-17-9-19(3)25(20(4)10-17)27-13-23-7-8-24-14-28(16-30(24)29(23)15-27)26-21(5)11-18(2)12-22(26)6;2*1-2;/h7-16H,1-6H3;;;/q-2;2*-1;+4. The fourth-order valence-electron chi connectivity index (χ4n) is 5.01. The van der Waals surface area contributed by atoms with Gasteiger partial charge in [0.25, 0.3) is 0 Å². The van der Waals surface area contributed by atoms with E-state index in [9.17, 15) is 0 Å². The summed E-state index contributed by atoms with van der Waals surface area (Å²) < 4.78 is 8.91. The number of aromatic nitrogens is 4. The van der Waals surface area contributed by atoms with Crippen LogP contribution >= 0.6 is 0 Å². The predicted octanol–water partition coefficient (Wildman–Crippen LogP) is 6.33. The molecule has 35 heavy (non-hydrogen) atoms. The molecule has 3 aliphatic heterocycles. The van der Waals surface area contributed by atoms with Gasteiger partial charge in [-0.3, -0.25) is 0 Å². The van der Waals surface area contributed by atoms with Gasteiger partial charge in [-0.05, 0) is 64.3 Å². The first-order valence-electron chi connectivity index (χ1n) is 10.9. The summed E-state index contributed by atoms with van der Waals surface area (Å²) >= 11 is 0. The number of benzene rings is 2. The van der Waals surface area contributed by atoms with Crippen LogP contribution in [0.25, 0.3) is 22.7 Å². The van der Waals surface area contributed by atoms with Gasteiger partial charge in [0.1, 0.15) is 0 Å². The maximum atomic E-state index is 6.25. The van der Waals surface area contributed by atoms with Crippen LogP contribution in [-0.2, 0) is 21.1 Å². The molecule has 0 saturated heterocycles. The second-order valence-corrected chi connectivity index (χ2v) is 8.67. The van der Waals surface area contributed by atoms with E-state index in [4.69, 9.17) is 23.7 Å². The molecule has 0 bridgehead atoms. The van der Waals surface area contributed by atoms with Crippen molar-refractivity contribution in [2.45, 2.75) is 41.5 Å². The van der Waals surface area contributed by atoms with E-state index in [1.165, 1.54) is 44.8 Å². The Hall–Kier alpha value is -3.73. The van der Waals surface area contributed by atoms with Gasteiger partial charge in [0.15, 0.2) is 0 Å². The minimum Gasteiger partial charge on any atom is -0.512 e. The first-order valence-corrected chi connectivity index (χ1v) is 10.9. The molecule has 0 N–H and O–H groups in total. The van der Waals surface area contributed by atoms with Gasteiger partial charge < -0.3 is 42.2 Å². The number of hydrogen-bond donors (Lipinski definition) is 0. The van der Waals surface area contributed by atoms with Crippen molar-refractivity contribution >= 4 is 0 Å². The number of rotatable bonds is 2. The Balaban J connectivity index is 0.000000823. The van der Waals surface area contributed by atoms with Crippen molar-refractivity contribution in [3.05, 3.63) is 108 Å². The number of hydrogen-bond acceptors (Lipinski definition) is 2. The largest absolute Gasteiger partial charge is 4.00 e. The molecule has 5 rings (SSSR count). The summed E-state index contributed by atoms with van der Waals surface area (Å²) in [6.07, 6.45) is 8.76. The van der Waals surface area contributed by atoms with Gasteiger partial charge in [0, 0.05) is 12.7 Å². The summed E-state index contributed by atoms with van der Waals surface area (Å²) in [5.74, 6) is 0. The fraction of sp³-hybridized carbons (Fsp3) is 0.214. The average Bonchev–Trinajstić information content (AvgIpc) is 3.39. The molecule has 0 spiro atoms. The summed E-state index contributed by atoms with van der Waals surface area (Å²) in [7, 11) is 0. The van der Waals surface area contributed by atoms with Gasteiger partial charge in [0.2, 0.25) is 0 Å². The molecule has 0 amide bonds.